The lowest BCUT2D eigenvalue weighted by molar-refractivity contribution is -0.135. The molecule has 2 amide bonds. The molecule has 162 valence electrons. The van der Waals surface area contributed by atoms with Gasteiger partial charge in [0.1, 0.15) is 17.7 Å². The Bertz CT molecular complexity index is 1170. The lowest BCUT2D eigenvalue weighted by Gasteiger charge is -2.31. The number of carbonyl (C=O) groups is 2. The van der Waals surface area contributed by atoms with Gasteiger partial charge in [0.15, 0.2) is 5.82 Å². The van der Waals surface area contributed by atoms with E-state index < -0.39 is 6.04 Å². The van der Waals surface area contributed by atoms with Crippen LogP contribution in [0.3, 0.4) is 0 Å². The summed E-state index contributed by atoms with van der Waals surface area (Å²) >= 11 is 0. The first-order valence-corrected chi connectivity index (χ1v) is 10.5. The zero-order valence-corrected chi connectivity index (χ0v) is 17.2. The van der Waals surface area contributed by atoms with Gasteiger partial charge in [0.25, 0.3) is 0 Å². The van der Waals surface area contributed by atoms with Gasteiger partial charge in [-0.15, -0.1) is 0 Å². The Morgan fingerprint density at radius 1 is 1.16 bits per heavy atom. The summed E-state index contributed by atoms with van der Waals surface area (Å²) in [7, 11) is 0. The molecule has 0 spiro atoms. The Kier molecular flexibility index (Phi) is 5.22. The molecular weight excluding hydrogens is 411 g/mol. The van der Waals surface area contributed by atoms with Crippen LogP contribution in [-0.4, -0.2) is 44.3 Å². The zero-order chi connectivity index (χ0) is 22.1. The number of fused-ring (bicyclic) bond motifs is 1. The first-order chi connectivity index (χ1) is 15.6. The van der Waals surface area contributed by atoms with Crippen LogP contribution < -0.4 is 10.6 Å². The molecule has 2 aliphatic heterocycles. The fourth-order valence-corrected chi connectivity index (χ4v) is 4.02. The number of benzene rings is 1. The molecule has 0 unspecified atom stereocenters. The number of nitrogens with one attached hydrogen (secondary N) is 2. The quantitative estimate of drug-likeness (QED) is 0.657. The Balaban J connectivity index is 1.49. The van der Waals surface area contributed by atoms with E-state index in [0.717, 1.165) is 16.8 Å². The van der Waals surface area contributed by atoms with Crippen LogP contribution in [0.1, 0.15) is 24.1 Å². The van der Waals surface area contributed by atoms with E-state index in [1.165, 1.54) is 12.1 Å². The van der Waals surface area contributed by atoms with E-state index in [4.69, 9.17) is 9.97 Å². The lowest BCUT2D eigenvalue weighted by Crippen LogP contribution is -2.46. The van der Waals surface area contributed by atoms with Gasteiger partial charge in [-0.3, -0.25) is 14.6 Å². The van der Waals surface area contributed by atoms with Gasteiger partial charge < -0.3 is 15.5 Å². The molecular formula is C23H21FN6O2. The number of anilines is 2. The number of aromatic nitrogens is 3. The molecule has 1 aromatic carbocycles. The highest BCUT2D eigenvalue weighted by Gasteiger charge is 2.33. The maximum absolute atomic E-state index is 13.4. The highest BCUT2D eigenvalue weighted by molar-refractivity contribution is 5.91. The highest BCUT2D eigenvalue weighted by Crippen LogP contribution is 2.30. The van der Waals surface area contributed by atoms with Crippen LogP contribution in [0, 0.1) is 5.82 Å². The van der Waals surface area contributed by atoms with Crippen LogP contribution in [0.15, 0.2) is 48.8 Å². The average molecular weight is 432 g/mol. The summed E-state index contributed by atoms with van der Waals surface area (Å²) in [5.41, 5.74) is 3.12. The third-order valence-corrected chi connectivity index (χ3v) is 5.69. The Morgan fingerprint density at radius 3 is 2.72 bits per heavy atom. The molecule has 32 heavy (non-hydrogen) atoms. The molecule has 0 radical (unpaired) electrons. The molecule has 5 rings (SSSR count). The van der Waals surface area contributed by atoms with Gasteiger partial charge >= 0.3 is 0 Å². The summed E-state index contributed by atoms with van der Waals surface area (Å²) in [6.07, 6.45) is 4.83. The number of hydrogen-bond acceptors (Lipinski definition) is 6. The maximum Gasteiger partial charge on any atom is 0.245 e. The molecule has 9 heteroatoms. The number of carbonyl (C=O) groups excluding carboxylic acids is 2. The van der Waals surface area contributed by atoms with Crippen LogP contribution in [0.5, 0.6) is 0 Å². The molecule has 2 aliphatic rings. The number of pyridine rings is 1. The first-order valence-electron chi connectivity index (χ1n) is 10.5. The molecule has 0 aliphatic carbocycles. The van der Waals surface area contributed by atoms with Gasteiger partial charge in [-0.25, -0.2) is 14.4 Å². The topological polar surface area (TPSA) is 100 Å². The monoisotopic (exact) mass is 432 g/mol. The smallest absolute Gasteiger partial charge is 0.245 e. The fourth-order valence-electron chi connectivity index (χ4n) is 4.02. The number of halogens is 1. The van der Waals surface area contributed by atoms with E-state index in [2.05, 4.69) is 15.6 Å². The normalized spacial score (nSPS) is 17.6. The van der Waals surface area contributed by atoms with Crippen molar-refractivity contribution in [2.24, 2.45) is 0 Å². The van der Waals surface area contributed by atoms with Gasteiger partial charge in [-0.2, -0.15) is 0 Å². The Hall–Kier alpha value is -3.88. The second-order valence-electron chi connectivity index (χ2n) is 7.86. The predicted octanol–water partition coefficient (Wildman–Crippen LogP) is 2.58. The summed E-state index contributed by atoms with van der Waals surface area (Å²) in [4.78, 5) is 39.8. The maximum atomic E-state index is 13.4. The lowest BCUT2D eigenvalue weighted by atomic mass is 10.0. The molecule has 1 saturated heterocycles. The van der Waals surface area contributed by atoms with Crippen molar-refractivity contribution in [1.29, 1.82) is 0 Å². The Morgan fingerprint density at radius 2 is 2.00 bits per heavy atom. The molecule has 0 bridgehead atoms. The predicted molar refractivity (Wildman–Crippen MR) is 115 cm³/mol. The second kappa shape index (κ2) is 8.33. The third-order valence-electron chi connectivity index (χ3n) is 5.69. The van der Waals surface area contributed by atoms with Crippen molar-refractivity contribution in [2.45, 2.75) is 31.8 Å². The molecule has 1 atom stereocenters. The van der Waals surface area contributed by atoms with Crippen molar-refractivity contribution in [3.63, 3.8) is 0 Å². The van der Waals surface area contributed by atoms with Crippen LogP contribution in [0.25, 0.3) is 11.4 Å². The van der Waals surface area contributed by atoms with E-state index in [-0.39, 0.29) is 17.6 Å². The second-order valence-corrected chi connectivity index (χ2v) is 7.86. The van der Waals surface area contributed by atoms with Crippen molar-refractivity contribution in [3.05, 3.63) is 65.9 Å². The summed E-state index contributed by atoms with van der Waals surface area (Å²) in [5, 5.41) is 6.01. The van der Waals surface area contributed by atoms with Crippen LogP contribution in [-0.2, 0) is 22.6 Å². The van der Waals surface area contributed by atoms with Crippen molar-refractivity contribution in [2.75, 3.05) is 11.9 Å². The summed E-state index contributed by atoms with van der Waals surface area (Å²) in [6, 6.07) is 9.24. The van der Waals surface area contributed by atoms with Gasteiger partial charge in [0.05, 0.1) is 12.2 Å². The van der Waals surface area contributed by atoms with Crippen LogP contribution >= 0.6 is 0 Å². The molecule has 2 N–H and O–H groups in total. The minimum atomic E-state index is -0.479. The molecule has 8 nitrogen and oxygen atoms in total. The van der Waals surface area contributed by atoms with E-state index in [1.54, 1.807) is 29.4 Å². The first kappa shape index (κ1) is 20.0. The van der Waals surface area contributed by atoms with Crippen LogP contribution in [0.4, 0.5) is 15.9 Å². The molecule has 4 heterocycles. The number of hydrogen-bond donors (Lipinski definition) is 2. The minimum absolute atomic E-state index is 0.0921. The molecule has 1 fully saturated rings. The van der Waals surface area contributed by atoms with Crippen molar-refractivity contribution < 1.29 is 14.0 Å². The average Bonchev–Trinajstić information content (AvgIpc) is 3.26. The van der Waals surface area contributed by atoms with Crippen molar-refractivity contribution >= 4 is 23.3 Å². The van der Waals surface area contributed by atoms with Gasteiger partial charge in [-0.1, -0.05) is 0 Å². The van der Waals surface area contributed by atoms with E-state index in [1.807, 2.05) is 12.1 Å². The third kappa shape index (κ3) is 4.01. The molecule has 0 saturated carbocycles. The van der Waals surface area contributed by atoms with Gasteiger partial charge in [0, 0.05) is 48.6 Å². The summed E-state index contributed by atoms with van der Waals surface area (Å²) in [5.74, 6) is 0.582. The number of rotatable bonds is 4. The van der Waals surface area contributed by atoms with Crippen LogP contribution in [0.2, 0.25) is 0 Å². The van der Waals surface area contributed by atoms with Gasteiger partial charge in [-0.05, 0) is 42.8 Å². The summed E-state index contributed by atoms with van der Waals surface area (Å²) < 4.78 is 13.4. The highest BCUT2D eigenvalue weighted by atomic mass is 19.1. The number of amides is 2. The van der Waals surface area contributed by atoms with E-state index in [9.17, 15) is 14.0 Å². The zero-order valence-electron chi connectivity index (χ0n) is 17.2. The van der Waals surface area contributed by atoms with E-state index in [0.29, 0.717) is 49.7 Å². The van der Waals surface area contributed by atoms with Crippen molar-refractivity contribution in [3.8, 4) is 11.4 Å². The molecule has 3 aromatic rings. The van der Waals surface area contributed by atoms with Crippen molar-refractivity contribution in [1.82, 2.24) is 25.2 Å². The SMILES string of the molecule is O=C1CC[C@@H](C(=O)N2CCc3nc(-c4cccnc4)nc(Nc4ccc(F)cc4)c3C2)N1. The minimum Gasteiger partial charge on any atom is -0.344 e. The fraction of sp³-hybridized carbons (Fsp3) is 0.261. The van der Waals surface area contributed by atoms with E-state index >= 15 is 0 Å². The summed E-state index contributed by atoms with van der Waals surface area (Å²) in [6.45, 7) is 0.842. The largest absolute Gasteiger partial charge is 0.344 e. The number of nitrogens with zero attached hydrogens (tertiary/aromatic N) is 4. The van der Waals surface area contributed by atoms with Gasteiger partial charge in [0.2, 0.25) is 11.8 Å². The Labute approximate surface area is 183 Å². The standard InChI is InChI=1S/C23H21FN6O2/c24-15-3-5-16(6-4-15)26-22-17-13-30(23(32)19-7-8-20(31)27-19)11-9-18(17)28-21(29-22)14-2-1-10-25-12-14/h1-6,10,12,19H,7-9,11,13H2,(H,27,31)(H,26,28,29)/t19-/m0/s1. The molecule has 2 aromatic heterocycles.